The van der Waals surface area contributed by atoms with E-state index in [0.29, 0.717) is 31.1 Å². The second kappa shape index (κ2) is 16.8. The molecule has 0 saturated carbocycles. The summed E-state index contributed by atoms with van der Waals surface area (Å²) in [7, 11) is 0. The lowest BCUT2D eigenvalue weighted by molar-refractivity contribution is -0.129. The lowest BCUT2D eigenvalue weighted by Crippen LogP contribution is -2.56. The van der Waals surface area contributed by atoms with Crippen LogP contribution in [0.15, 0.2) is 42.5 Å². The molecule has 0 bridgehead atoms. The van der Waals surface area contributed by atoms with Crippen molar-refractivity contribution >= 4 is 5.91 Å². The van der Waals surface area contributed by atoms with Gasteiger partial charge in [0.15, 0.2) is 0 Å². The van der Waals surface area contributed by atoms with Crippen molar-refractivity contribution in [1.82, 2.24) is 15.5 Å². The molecule has 0 spiro atoms. The lowest BCUT2D eigenvalue weighted by Gasteiger charge is -2.37. The molecule has 2 aromatic rings. The highest BCUT2D eigenvalue weighted by Gasteiger charge is 2.32. The van der Waals surface area contributed by atoms with Crippen LogP contribution in [0.4, 0.5) is 8.78 Å². The number of hydrogen-bond donors (Lipinski definition) is 3. The first-order chi connectivity index (χ1) is 19.3. The number of nitrogens with zero attached hydrogens (tertiary/aromatic N) is 1. The van der Waals surface area contributed by atoms with Crippen molar-refractivity contribution in [3.63, 3.8) is 0 Å². The van der Waals surface area contributed by atoms with Crippen LogP contribution in [0.1, 0.15) is 63.1 Å². The molecule has 0 radical (unpaired) electrons. The minimum atomic E-state index is -0.955. The van der Waals surface area contributed by atoms with Gasteiger partial charge in [0.2, 0.25) is 5.91 Å². The number of aryl methyl sites for hydroxylation is 1. The fourth-order valence-corrected chi connectivity index (χ4v) is 5.48. The summed E-state index contributed by atoms with van der Waals surface area (Å²) >= 11 is 0. The normalized spacial score (nSPS) is 16.9. The average Bonchev–Trinajstić information content (AvgIpc) is 2.94. The van der Waals surface area contributed by atoms with Gasteiger partial charge >= 0.3 is 0 Å². The molecule has 3 atom stereocenters. The number of piperidine rings is 1. The highest BCUT2D eigenvalue weighted by molar-refractivity contribution is 5.82. The first kappa shape index (κ1) is 32.1. The summed E-state index contributed by atoms with van der Waals surface area (Å²) in [6, 6.07) is 10.6. The van der Waals surface area contributed by atoms with Crippen molar-refractivity contribution in [2.45, 2.75) is 84.0 Å². The van der Waals surface area contributed by atoms with Gasteiger partial charge in [0.25, 0.3) is 0 Å². The predicted octanol–water partition coefficient (Wildman–Crippen LogP) is 4.62. The Morgan fingerprint density at radius 3 is 2.40 bits per heavy atom. The van der Waals surface area contributed by atoms with Gasteiger partial charge in [-0.1, -0.05) is 44.5 Å². The molecule has 1 unspecified atom stereocenters. The van der Waals surface area contributed by atoms with Gasteiger partial charge in [-0.3, -0.25) is 9.69 Å². The molecule has 222 valence electrons. The molecule has 1 heterocycles. The largest absolute Gasteiger partial charge is 0.390 e. The van der Waals surface area contributed by atoms with Gasteiger partial charge < -0.3 is 20.5 Å². The Kier molecular flexibility index (Phi) is 13.5. The summed E-state index contributed by atoms with van der Waals surface area (Å²) in [5.41, 5.74) is 2.73. The lowest BCUT2D eigenvalue weighted by atomic mass is 9.95. The summed E-state index contributed by atoms with van der Waals surface area (Å²) in [5.74, 6) is -1.01. The number of rotatable bonds is 16. The van der Waals surface area contributed by atoms with E-state index in [0.717, 1.165) is 57.0 Å². The third-order valence-corrected chi connectivity index (χ3v) is 7.76. The van der Waals surface area contributed by atoms with Gasteiger partial charge in [0, 0.05) is 32.4 Å². The average molecular weight is 560 g/mol. The monoisotopic (exact) mass is 559 g/mol. The maximum Gasteiger partial charge on any atom is 0.237 e. The van der Waals surface area contributed by atoms with E-state index in [9.17, 15) is 18.7 Å². The zero-order valence-corrected chi connectivity index (χ0v) is 24.3. The van der Waals surface area contributed by atoms with Gasteiger partial charge in [-0.2, -0.15) is 0 Å². The van der Waals surface area contributed by atoms with Crippen molar-refractivity contribution in [2.24, 2.45) is 5.92 Å². The fourth-order valence-electron chi connectivity index (χ4n) is 5.48. The van der Waals surface area contributed by atoms with E-state index in [-0.39, 0.29) is 24.9 Å². The second-order valence-corrected chi connectivity index (χ2v) is 10.9. The number of aliphatic hydroxyl groups excluding tert-OH is 1. The number of ether oxygens (including phenoxy) is 1. The zero-order valence-electron chi connectivity index (χ0n) is 24.3. The van der Waals surface area contributed by atoms with Crippen LogP contribution in [0, 0.1) is 17.6 Å². The number of nitrogens with one attached hydrogen (secondary N) is 2. The molecule has 1 amide bonds. The molecule has 1 fully saturated rings. The molecule has 0 aromatic heterocycles. The van der Waals surface area contributed by atoms with Gasteiger partial charge in [0.05, 0.1) is 18.2 Å². The van der Waals surface area contributed by atoms with Gasteiger partial charge in [-0.05, 0) is 86.9 Å². The van der Waals surface area contributed by atoms with Crippen LogP contribution in [-0.2, 0) is 28.9 Å². The molecule has 40 heavy (non-hydrogen) atoms. The minimum absolute atomic E-state index is 0.115. The van der Waals surface area contributed by atoms with Crippen LogP contribution in [0.25, 0.3) is 0 Å². The number of likely N-dealkylation sites (tertiary alicyclic amines) is 1. The quantitative estimate of drug-likeness (QED) is 0.280. The smallest absolute Gasteiger partial charge is 0.237 e. The van der Waals surface area contributed by atoms with E-state index < -0.39 is 23.8 Å². The Balaban J connectivity index is 1.68. The zero-order chi connectivity index (χ0) is 28.9. The van der Waals surface area contributed by atoms with Gasteiger partial charge in [-0.15, -0.1) is 0 Å². The van der Waals surface area contributed by atoms with Gasteiger partial charge in [0.1, 0.15) is 11.6 Å². The molecule has 8 heteroatoms. The van der Waals surface area contributed by atoms with E-state index in [2.05, 4.69) is 41.5 Å². The first-order valence-corrected chi connectivity index (χ1v) is 14.9. The van der Waals surface area contributed by atoms with Crippen molar-refractivity contribution in [1.29, 1.82) is 0 Å². The van der Waals surface area contributed by atoms with E-state index in [4.69, 9.17) is 4.74 Å². The number of amides is 1. The molecule has 0 aliphatic carbocycles. The van der Waals surface area contributed by atoms with E-state index in [1.807, 2.05) is 19.1 Å². The Labute approximate surface area is 238 Å². The van der Waals surface area contributed by atoms with Crippen LogP contribution in [0.5, 0.6) is 0 Å². The summed E-state index contributed by atoms with van der Waals surface area (Å²) in [5, 5.41) is 17.5. The number of halogens is 2. The topological polar surface area (TPSA) is 73.8 Å². The Morgan fingerprint density at radius 2 is 1.75 bits per heavy atom. The fraction of sp³-hybridized carbons (Fsp3) is 0.594. The van der Waals surface area contributed by atoms with Crippen LogP contribution < -0.4 is 10.6 Å². The van der Waals surface area contributed by atoms with Crippen molar-refractivity contribution in [2.75, 3.05) is 32.8 Å². The molecular weight excluding hydrogens is 512 g/mol. The predicted molar refractivity (Wildman–Crippen MR) is 155 cm³/mol. The van der Waals surface area contributed by atoms with Crippen LogP contribution >= 0.6 is 0 Å². The molecule has 1 aliphatic rings. The number of carbonyl (C=O) groups is 1. The maximum absolute atomic E-state index is 14.0. The van der Waals surface area contributed by atoms with E-state index >= 15 is 0 Å². The first-order valence-electron chi connectivity index (χ1n) is 14.9. The third-order valence-electron chi connectivity index (χ3n) is 7.76. The standard InChI is InChI=1S/C32H47F2N3O3/c1-4-8-30(37-13-11-24(12-14-37)22-40-6-3)32(39)36-29(18-26-16-27(33)19-28(34)17-26)31(38)21-35-20-25-10-7-9-23(5-2)15-25/h7,9-10,15-17,19,24,29-31,35,38H,4-6,8,11-14,18,20-22H2,1-3H3,(H,36,39)/t29-,30?,31-/m0/s1. The van der Waals surface area contributed by atoms with Gasteiger partial charge in [-0.25, -0.2) is 8.78 Å². The van der Waals surface area contributed by atoms with Crippen LogP contribution in [-0.4, -0.2) is 66.9 Å². The Morgan fingerprint density at radius 1 is 1.05 bits per heavy atom. The Bertz CT molecular complexity index is 1030. The minimum Gasteiger partial charge on any atom is -0.390 e. The van der Waals surface area contributed by atoms with Crippen LogP contribution in [0.3, 0.4) is 0 Å². The van der Waals surface area contributed by atoms with Crippen molar-refractivity contribution in [3.8, 4) is 0 Å². The summed E-state index contributed by atoms with van der Waals surface area (Å²) in [6.07, 6.45) is 3.60. The second-order valence-electron chi connectivity index (χ2n) is 10.9. The Hall–Kier alpha value is -2.39. The molecule has 6 nitrogen and oxygen atoms in total. The summed E-state index contributed by atoms with van der Waals surface area (Å²) < 4.78 is 33.5. The molecule has 2 aromatic carbocycles. The molecular formula is C32H47F2N3O3. The summed E-state index contributed by atoms with van der Waals surface area (Å²) in [6.45, 7) is 10.0. The molecule has 1 aliphatic heterocycles. The highest BCUT2D eigenvalue weighted by Crippen LogP contribution is 2.22. The SMILES string of the molecule is CCCC(C(=O)N[C@@H](Cc1cc(F)cc(F)c1)[C@@H](O)CNCc1cccc(CC)c1)N1CCC(COCC)CC1. The van der Waals surface area contributed by atoms with Crippen molar-refractivity contribution < 1.29 is 23.4 Å². The molecule has 1 saturated heterocycles. The number of benzene rings is 2. The summed E-state index contributed by atoms with van der Waals surface area (Å²) in [4.78, 5) is 15.9. The number of aliphatic hydroxyl groups is 1. The third kappa shape index (κ3) is 10.2. The maximum atomic E-state index is 14.0. The van der Waals surface area contributed by atoms with E-state index in [1.54, 1.807) is 0 Å². The van der Waals surface area contributed by atoms with E-state index in [1.165, 1.54) is 17.7 Å². The molecule has 3 N–H and O–H groups in total. The number of carbonyl (C=O) groups excluding carboxylic acids is 1. The van der Waals surface area contributed by atoms with Crippen LogP contribution in [0.2, 0.25) is 0 Å². The molecule has 3 rings (SSSR count). The number of hydrogen-bond acceptors (Lipinski definition) is 5. The van der Waals surface area contributed by atoms with Crippen molar-refractivity contribution in [3.05, 3.63) is 70.8 Å². The highest BCUT2D eigenvalue weighted by atomic mass is 19.1.